The van der Waals surface area contributed by atoms with Gasteiger partial charge in [-0.1, -0.05) is 12.1 Å². The van der Waals surface area contributed by atoms with Crippen molar-refractivity contribution in [3.63, 3.8) is 0 Å². The van der Waals surface area contributed by atoms with Crippen molar-refractivity contribution in [3.8, 4) is 0 Å². The van der Waals surface area contributed by atoms with Gasteiger partial charge in [-0.15, -0.1) is 0 Å². The summed E-state index contributed by atoms with van der Waals surface area (Å²) in [6.45, 7) is 8.67. The molecule has 1 aromatic heterocycles. The Morgan fingerprint density at radius 3 is 2.95 bits per heavy atom. The third-order valence-electron chi connectivity index (χ3n) is 3.48. The molecule has 1 N–H and O–H groups in total. The van der Waals surface area contributed by atoms with Gasteiger partial charge in [-0.2, -0.15) is 4.98 Å². The molecule has 0 aliphatic carbocycles. The minimum Gasteiger partial charge on any atom is -0.393 e. The highest BCUT2D eigenvalue weighted by Crippen LogP contribution is 2.21. The van der Waals surface area contributed by atoms with Crippen LogP contribution in [0.2, 0.25) is 0 Å². The van der Waals surface area contributed by atoms with Crippen LogP contribution in [0.3, 0.4) is 0 Å². The summed E-state index contributed by atoms with van der Waals surface area (Å²) < 4.78 is 10.9. The van der Waals surface area contributed by atoms with Crippen LogP contribution in [0, 0.1) is 0 Å². The third kappa shape index (κ3) is 3.75. The highest BCUT2D eigenvalue weighted by atomic mass is 16.5. The molecule has 2 rings (SSSR count). The molecular formula is C13H23N3O3. The Labute approximate surface area is 113 Å². The summed E-state index contributed by atoms with van der Waals surface area (Å²) in [5.74, 6) is 1.07. The summed E-state index contributed by atoms with van der Waals surface area (Å²) in [5.41, 5.74) is 0. The number of hydrogen-bond acceptors (Lipinski definition) is 6. The van der Waals surface area contributed by atoms with Gasteiger partial charge in [0.05, 0.1) is 19.1 Å². The molecule has 0 saturated carbocycles. The maximum absolute atomic E-state index is 9.58. The van der Waals surface area contributed by atoms with E-state index >= 15 is 0 Å². The van der Waals surface area contributed by atoms with Gasteiger partial charge in [0.25, 0.3) is 0 Å². The lowest BCUT2D eigenvalue weighted by Crippen LogP contribution is -2.42. The van der Waals surface area contributed by atoms with Crippen molar-refractivity contribution < 1.29 is 14.4 Å². The van der Waals surface area contributed by atoms with E-state index in [0.29, 0.717) is 37.2 Å². The number of aliphatic hydroxyl groups excluding tert-OH is 1. The van der Waals surface area contributed by atoms with E-state index in [2.05, 4.69) is 28.9 Å². The monoisotopic (exact) mass is 269 g/mol. The molecule has 2 heterocycles. The van der Waals surface area contributed by atoms with E-state index in [1.165, 1.54) is 0 Å². The molecule has 1 aromatic rings. The summed E-state index contributed by atoms with van der Waals surface area (Å²) in [4.78, 5) is 6.66. The Morgan fingerprint density at radius 2 is 2.26 bits per heavy atom. The average Bonchev–Trinajstić information content (AvgIpc) is 2.87. The molecule has 1 saturated heterocycles. The molecule has 0 spiro atoms. The highest BCUT2D eigenvalue weighted by molar-refractivity contribution is 4.95. The molecule has 0 radical (unpaired) electrons. The zero-order valence-electron chi connectivity index (χ0n) is 11.9. The van der Waals surface area contributed by atoms with Gasteiger partial charge in [0.1, 0.15) is 6.10 Å². The van der Waals surface area contributed by atoms with Crippen molar-refractivity contribution in [1.82, 2.24) is 15.0 Å². The first-order chi connectivity index (χ1) is 9.10. The van der Waals surface area contributed by atoms with Crippen molar-refractivity contribution in [3.05, 3.63) is 11.7 Å². The van der Waals surface area contributed by atoms with Gasteiger partial charge in [0, 0.05) is 19.1 Å². The van der Waals surface area contributed by atoms with Crippen molar-refractivity contribution in [2.45, 2.75) is 51.9 Å². The fourth-order valence-corrected chi connectivity index (χ4v) is 2.12. The number of hydrogen-bond donors (Lipinski definition) is 1. The molecule has 1 fully saturated rings. The molecule has 0 bridgehead atoms. The Morgan fingerprint density at radius 1 is 1.47 bits per heavy atom. The van der Waals surface area contributed by atoms with Gasteiger partial charge >= 0.3 is 0 Å². The quantitative estimate of drug-likeness (QED) is 0.865. The van der Waals surface area contributed by atoms with Gasteiger partial charge in [0.15, 0.2) is 0 Å². The predicted octanol–water partition coefficient (Wildman–Crippen LogP) is 1.16. The summed E-state index contributed by atoms with van der Waals surface area (Å²) in [6.07, 6.45) is 0.531. The average molecular weight is 269 g/mol. The molecule has 0 aromatic carbocycles. The van der Waals surface area contributed by atoms with Crippen LogP contribution in [0.4, 0.5) is 0 Å². The molecule has 19 heavy (non-hydrogen) atoms. The van der Waals surface area contributed by atoms with Crippen LogP contribution in [0.5, 0.6) is 0 Å². The summed E-state index contributed by atoms with van der Waals surface area (Å²) in [5, 5.41) is 13.6. The maximum Gasteiger partial charge on any atom is 0.229 e. The highest BCUT2D eigenvalue weighted by Gasteiger charge is 2.27. The van der Waals surface area contributed by atoms with Gasteiger partial charge in [-0.25, -0.2) is 0 Å². The Bertz CT molecular complexity index is 394. The van der Waals surface area contributed by atoms with Crippen LogP contribution in [0.15, 0.2) is 4.52 Å². The lowest BCUT2D eigenvalue weighted by Gasteiger charge is -2.34. The summed E-state index contributed by atoms with van der Waals surface area (Å²) >= 11 is 0. The standard InChI is InChI=1S/C13H23N3O3/c1-4-10(17)7-12-14-13(15-19-12)11-8-16(9(2)3)5-6-18-11/h9-11,17H,4-8H2,1-3H3. The normalized spacial score (nSPS) is 22.9. The molecule has 2 atom stereocenters. The number of ether oxygens (including phenoxy) is 1. The van der Waals surface area contributed by atoms with Crippen LogP contribution in [0.25, 0.3) is 0 Å². The van der Waals surface area contributed by atoms with Gasteiger partial charge < -0.3 is 14.4 Å². The maximum atomic E-state index is 9.58. The first-order valence-electron chi connectivity index (χ1n) is 6.96. The Balaban J connectivity index is 1.97. The zero-order valence-corrected chi connectivity index (χ0v) is 11.9. The smallest absolute Gasteiger partial charge is 0.229 e. The largest absolute Gasteiger partial charge is 0.393 e. The molecule has 6 nitrogen and oxygen atoms in total. The molecule has 0 amide bonds. The second-order valence-electron chi connectivity index (χ2n) is 5.26. The molecular weight excluding hydrogens is 246 g/mol. The van der Waals surface area contributed by atoms with E-state index in [9.17, 15) is 5.11 Å². The fourth-order valence-electron chi connectivity index (χ4n) is 2.12. The molecule has 6 heteroatoms. The number of nitrogens with zero attached hydrogens (tertiary/aromatic N) is 3. The lowest BCUT2D eigenvalue weighted by molar-refractivity contribution is -0.0450. The number of rotatable bonds is 5. The number of morpholine rings is 1. The van der Waals surface area contributed by atoms with Crippen molar-refractivity contribution >= 4 is 0 Å². The van der Waals surface area contributed by atoms with Crippen LogP contribution < -0.4 is 0 Å². The van der Waals surface area contributed by atoms with E-state index in [0.717, 1.165) is 13.1 Å². The predicted molar refractivity (Wildman–Crippen MR) is 69.7 cm³/mol. The van der Waals surface area contributed by atoms with E-state index in [4.69, 9.17) is 9.26 Å². The topological polar surface area (TPSA) is 71.6 Å². The van der Waals surface area contributed by atoms with Crippen molar-refractivity contribution in [1.29, 1.82) is 0 Å². The Hall–Kier alpha value is -0.980. The van der Waals surface area contributed by atoms with E-state index in [1.54, 1.807) is 0 Å². The zero-order chi connectivity index (χ0) is 13.8. The van der Waals surface area contributed by atoms with E-state index < -0.39 is 6.10 Å². The van der Waals surface area contributed by atoms with Gasteiger partial charge in [-0.05, 0) is 20.3 Å². The van der Waals surface area contributed by atoms with E-state index in [-0.39, 0.29) is 6.10 Å². The van der Waals surface area contributed by atoms with Crippen LogP contribution in [0.1, 0.15) is 45.0 Å². The lowest BCUT2D eigenvalue weighted by atomic mass is 10.2. The summed E-state index contributed by atoms with van der Waals surface area (Å²) in [7, 11) is 0. The number of aliphatic hydroxyl groups is 1. The van der Waals surface area contributed by atoms with Crippen LogP contribution in [-0.2, 0) is 11.2 Å². The van der Waals surface area contributed by atoms with Crippen LogP contribution in [-0.4, -0.2) is 52.0 Å². The van der Waals surface area contributed by atoms with Crippen molar-refractivity contribution in [2.75, 3.05) is 19.7 Å². The second kappa shape index (κ2) is 6.45. The third-order valence-corrected chi connectivity index (χ3v) is 3.48. The first kappa shape index (κ1) is 14.4. The van der Waals surface area contributed by atoms with Gasteiger partial charge in [-0.3, -0.25) is 4.90 Å². The summed E-state index contributed by atoms with van der Waals surface area (Å²) in [6, 6.07) is 0.486. The Kier molecular flexibility index (Phi) is 4.90. The second-order valence-corrected chi connectivity index (χ2v) is 5.26. The molecule has 1 aliphatic rings. The molecule has 2 unspecified atom stereocenters. The molecule has 1 aliphatic heterocycles. The SMILES string of the molecule is CCC(O)Cc1nc(C2CN(C(C)C)CCO2)no1. The van der Waals surface area contributed by atoms with Crippen molar-refractivity contribution in [2.24, 2.45) is 0 Å². The molecule has 108 valence electrons. The minimum absolute atomic E-state index is 0.132. The minimum atomic E-state index is -0.423. The van der Waals surface area contributed by atoms with Gasteiger partial charge in [0.2, 0.25) is 11.7 Å². The fraction of sp³-hybridized carbons (Fsp3) is 0.846. The number of aromatic nitrogens is 2. The van der Waals surface area contributed by atoms with Crippen LogP contribution >= 0.6 is 0 Å². The first-order valence-corrected chi connectivity index (χ1v) is 6.96. The van der Waals surface area contributed by atoms with E-state index in [1.807, 2.05) is 6.92 Å².